The van der Waals surface area contributed by atoms with Crippen LogP contribution in [0.1, 0.15) is 50.9 Å². The van der Waals surface area contributed by atoms with Crippen LogP contribution in [0.15, 0.2) is 0 Å². The molecule has 1 aromatic heterocycles. The zero-order valence-corrected chi connectivity index (χ0v) is 14.2. The average Bonchev–Trinajstić information content (AvgIpc) is 2.68. The van der Waals surface area contributed by atoms with Crippen molar-refractivity contribution in [2.45, 2.75) is 53.4 Å². The zero-order valence-electron chi connectivity index (χ0n) is 14.2. The van der Waals surface area contributed by atoms with Gasteiger partial charge < -0.3 is 5.32 Å². The third-order valence-electron chi connectivity index (χ3n) is 3.80. The highest BCUT2D eigenvalue weighted by Gasteiger charge is 2.15. The molecule has 5 nitrogen and oxygen atoms in total. The fourth-order valence-corrected chi connectivity index (χ4v) is 2.37. The Kier molecular flexibility index (Phi) is 7.43. The van der Waals surface area contributed by atoms with E-state index in [2.05, 4.69) is 29.2 Å². The molecular formula is C16H30N4O. The Morgan fingerprint density at radius 1 is 1.19 bits per heavy atom. The quantitative estimate of drug-likeness (QED) is 0.762. The lowest BCUT2D eigenvalue weighted by atomic mass is 10.2. The number of hydrogen-bond donors (Lipinski definition) is 1. The molecule has 0 aromatic carbocycles. The first kappa shape index (κ1) is 17.7. The van der Waals surface area contributed by atoms with Crippen LogP contribution in [0.2, 0.25) is 0 Å². The number of anilines is 1. The Morgan fingerprint density at radius 2 is 1.76 bits per heavy atom. The first-order valence-corrected chi connectivity index (χ1v) is 8.02. The Morgan fingerprint density at radius 3 is 2.19 bits per heavy atom. The van der Waals surface area contributed by atoms with Crippen LogP contribution in [0.25, 0.3) is 0 Å². The zero-order chi connectivity index (χ0) is 15.8. The van der Waals surface area contributed by atoms with E-state index in [9.17, 15) is 4.79 Å². The summed E-state index contributed by atoms with van der Waals surface area (Å²) in [6.07, 6.45) is 4.60. The summed E-state index contributed by atoms with van der Waals surface area (Å²) in [5.74, 6) is 0.0569. The summed E-state index contributed by atoms with van der Waals surface area (Å²) < 4.78 is 1.80. The van der Waals surface area contributed by atoms with Crippen molar-refractivity contribution in [3.05, 3.63) is 11.4 Å². The van der Waals surface area contributed by atoms with E-state index in [4.69, 9.17) is 0 Å². The maximum atomic E-state index is 12.3. The van der Waals surface area contributed by atoms with Gasteiger partial charge in [-0.05, 0) is 39.8 Å². The highest BCUT2D eigenvalue weighted by molar-refractivity contribution is 5.93. The number of nitrogens with one attached hydrogen (secondary N) is 1. The maximum absolute atomic E-state index is 12.3. The van der Waals surface area contributed by atoms with Gasteiger partial charge in [-0.25, -0.2) is 0 Å². The molecule has 120 valence electrons. The van der Waals surface area contributed by atoms with E-state index in [-0.39, 0.29) is 5.91 Å². The molecule has 0 atom stereocenters. The molecular weight excluding hydrogens is 264 g/mol. The van der Waals surface area contributed by atoms with E-state index in [1.54, 1.807) is 4.68 Å². The Bertz CT molecular complexity index is 445. The second kappa shape index (κ2) is 8.82. The van der Waals surface area contributed by atoms with Gasteiger partial charge in [-0.2, -0.15) is 5.10 Å². The second-order valence-corrected chi connectivity index (χ2v) is 5.70. The average molecular weight is 294 g/mol. The van der Waals surface area contributed by atoms with Crippen molar-refractivity contribution >= 4 is 11.6 Å². The van der Waals surface area contributed by atoms with E-state index in [1.165, 1.54) is 0 Å². The molecule has 5 heteroatoms. The number of amides is 1. The van der Waals surface area contributed by atoms with E-state index in [0.717, 1.165) is 55.8 Å². The van der Waals surface area contributed by atoms with Gasteiger partial charge in [-0.1, -0.05) is 26.7 Å². The van der Waals surface area contributed by atoms with Gasteiger partial charge in [0.15, 0.2) is 0 Å². The fourth-order valence-electron chi connectivity index (χ4n) is 2.37. The van der Waals surface area contributed by atoms with Crippen molar-refractivity contribution in [2.24, 2.45) is 7.05 Å². The lowest BCUT2D eigenvalue weighted by Gasteiger charge is -2.21. The SMILES string of the molecule is CCCCN(CCCC)CC(=O)Nc1c(C)nn(C)c1C. The molecule has 0 spiro atoms. The van der Waals surface area contributed by atoms with Gasteiger partial charge in [0.05, 0.1) is 23.6 Å². The summed E-state index contributed by atoms with van der Waals surface area (Å²) in [5.41, 5.74) is 2.72. The summed E-state index contributed by atoms with van der Waals surface area (Å²) in [6, 6.07) is 0. The first-order valence-electron chi connectivity index (χ1n) is 8.02. The predicted molar refractivity (Wildman–Crippen MR) is 87.6 cm³/mol. The van der Waals surface area contributed by atoms with Crippen molar-refractivity contribution in [1.82, 2.24) is 14.7 Å². The van der Waals surface area contributed by atoms with Crippen molar-refractivity contribution in [3.8, 4) is 0 Å². The number of rotatable bonds is 9. The van der Waals surface area contributed by atoms with Crippen LogP contribution in [-0.2, 0) is 11.8 Å². The highest BCUT2D eigenvalue weighted by atomic mass is 16.2. The minimum Gasteiger partial charge on any atom is -0.322 e. The number of carbonyl (C=O) groups is 1. The smallest absolute Gasteiger partial charge is 0.238 e. The minimum absolute atomic E-state index is 0.0569. The Balaban J connectivity index is 2.59. The molecule has 1 rings (SSSR count). The van der Waals surface area contributed by atoms with Crippen LogP contribution < -0.4 is 5.32 Å². The lowest BCUT2D eigenvalue weighted by molar-refractivity contribution is -0.117. The third-order valence-corrected chi connectivity index (χ3v) is 3.80. The predicted octanol–water partition coefficient (Wildman–Crippen LogP) is 2.88. The molecule has 1 aromatic rings. The number of aromatic nitrogens is 2. The molecule has 0 saturated heterocycles. The van der Waals surface area contributed by atoms with E-state index in [1.807, 2.05) is 20.9 Å². The van der Waals surface area contributed by atoms with Crippen LogP contribution in [0, 0.1) is 13.8 Å². The topological polar surface area (TPSA) is 50.2 Å². The molecule has 0 aliphatic heterocycles. The minimum atomic E-state index is 0.0569. The molecule has 0 radical (unpaired) electrons. The normalized spacial score (nSPS) is 11.1. The summed E-state index contributed by atoms with van der Waals surface area (Å²) in [7, 11) is 1.90. The van der Waals surface area contributed by atoms with Crippen LogP contribution in [0.4, 0.5) is 5.69 Å². The van der Waals surface area contributed by atoms with Crippen molar-refractivity contribution in [3.63, 3.8) is 0 Å². The molecule has 1 N–H and O–H groups in total. The van der Waals surface area contributed by atoms with Crippen LogP contribution in [0.3, 0.4) is 0 Å². The van der Waals surface area contributed by atoms with Gasteiger partial charge in [-0.3, -0.25) is 14.4 Å². The van der Waals surface area contributed by atoms with Gasteiger partial charge in [0.2, 0.25) is 5.91 Å². The molecule has 0 unspecified atom stereocenters. The van der Waals surface area contributed by atoms with Crippen molar-refractivity contribution < 1.29 is 4.79 Å². The molecule has 1 heterocycles. The van der Waals surface area contributed by atoms with Crippen LogP contribution in [-0.4, -0.2) is 40.2 Å². The molecule has 0 fully saturated rings. The van der Waals surface area contributed by atoms with Crippen molar-refractivity contribution in [1.29, 1.82) is 0 Å². The van der Waals surface area contributed by atoms with Crippen LogP contribution >= 0.6 is 0 Å². The molecule has 0 aliphatic carbocycles. The summed E-state index contributed by atoms with van der Waals surface area (Å²) >= 11 is 0. The molecule has 0 bridgehead atoms. The Labute approximate surface area is 128 Å². The summed E-state index contributed by atoms with van der Waals surface area (Å²) in [6.45, 7) is 10.7. The standard InChI is InChI=1S/C16H30N4O/c1-6-8-10-20(11-9-7-2)12-15(21)17-16-13(3)18-19(5)14(16)4/h6-12H2,1-5H3,(H,17,21). The fraction of sp³-hybridized carbons (Fsp3) is 0.750. The third kappa shape index (κ3) is 5.50. The maximum Gasteiger partial charge on any atom is 0.238 e. The first-order chi connectivity index (χ1) is 9.99. The van der Waals surface area contributed by atoms with Gasteiger partial charge in [0.1, 0.15) is 0 Å². The van der Waals surface area contributed by atoms with Gasteiger partial charge in [-0.15, -0.1) is 0 Å². The van der Waals surface area contributed by atoms with Gasteiger partial charge >= 0.3 is 0 Å². The molecule has 1 amide bonds. The summed E-state index contributed by atoms with van der Waals surface area (Å²) in [5, 5.41) is 7.35. The molecule has 0 aliphatic rings. The van der Waals surface area contributed by atoms with Crippen molar-refractivity contribution in [2.75, 3.05) is 25.0 Å². The number of nitrogens with zero attached hydrogens (tertiary/aromatic N) is 3. The van der Waals surface area contributed by atoms with Crippen LogP contribution in [0.5, 0.6) is 0 Å². The number of aryl methyl sites for hydroxylation is 2. The number of carbonyl (C=O) groups excluding carboxylic acids is 1. The lowest BCUT2D eigenvalue weighted by Crippen LogP contribution is -2.35. The molecule has 21 heavy (non-hydrogen) atoms. The van der Waals surface area contributed by atoms with Gasteiger partial charge in [0, 0.05) is 7.05 Å². The number of unbranched alkanes of at least 4 members (excludes halogenated alkanes) is 2. The largest absolute Gasteiger partial charge is 0.322 e. The van der Waals surface area contributed by atoms with E-state index in [0.29, 0.717) is 6.54 Å². The molecule has 0 saturated carbocycles. The Hall–Kier alpha value is -1.36. The monoisotopic (exact) mass is 294 g/mol. The van der Waals surface area contributed by atoms with E-state index >= 15 is 0 Å². The number of hydrogen-bond acceptors (Lipinski definition) is 3. The summed E-state index contributed by atoms with van der Waals surface area (Å²) in [4.78, 5) is 14.5. The second-order valence-electron chi connectivity index (χ2n) is 5.70. The highest BCUT2D eigenvalue weighted by Crippen LogP contribution is 2.18. The van der Waals surface area contributed by atoms with E-state index < -0.39 is 0 Å². The van der Waals surface area contributed by atoms with Gasteiger partial charge in [0.25, 0.3) is 0 Å².